The Hall–Kier alpha value is -3.56. The molecule has 4 N–H and O–H groups in total. The molecule has 2 aliphatic carbocycles. The molecule has 252 valence electrons. The molecular formula is C36H52N4O6. The summed E-state index contributed by atoms with van der Waals surface area (Å²) in [7, 11) is 0. The number of nitrogens with zero attached hydrogens (tertiary/aromatic N) is 1. The highest BCUT2D eigenvalue weighted by Gasteiger charge is 2.69. The van der Waals surface area contributed by atoms with Crippen LogP contribution in [0.2, 0.25) is 0 Å². The van der Waals surface area contributed by atoms with Crippen molar-refractivity contribution < 1.29 is 28.8 Å². The number of amides is 4. The number of primary amides is 1. The largest absolute Gasteiger partial charge is 0.363 e. The number of rotatable bonds is 15. The first-order valence-electron chi connectivity index (χ1n) is 16.7. The van der Waals surface area contributed by atoms with Crippen LogP contribution in [0.25, 0.3) is 0 Å². The van der Waals surface area contributed by atoms with Gasteiger partial charge in [-0.25, -0.2) is 4.79 Å². The van der Waals surface area contributed by atoms with E-state index in [2.05, 4.69) is 24.5 Å². The number of piperidine rings is 1. The summed E-state index contributed by atoms with van der Waals surface area (Å²) in [5, 5.41) is 5.67. The van der Waals surface area contributed by atoms with Gasteiger partial charge in [0.2, 0.25) is 11.7 Å². The molecule has 0 aromatic heterocycles. The summed E-state index contributed by atoms with van der Waals surface area (Å²) in [6.07, 6.45) is 3.05. The van der Waals surface area contributed by atoms with Gasteiger partial charge in [0, 0.05) is 25.3 Å². The van der Waals surface area contributed by atoms with Gasteiger partial charge in [0.1, 0.15) is 6.04 Å². The average molecular weight is 637 g/mol. The van der Waals surface area contributed by atoms with Gasteiger partial charge in [-0.2, -0.15) is 0 Å². The summed E-state index contributed by atoms with van der Waals surface area (Å²) in [5.41, 5.74) is 5.50. The summed E-state index contributed by atoms with van der Waals surface area (Å²) in [4.78, 5) is 80.8. The fourth-order valence-electron chi connectivity index (χ4n) is 7.30. The Morgan fingerprint density at radius 2 is 1.63 bits per heavy atom. The number of likely N-dealkylation sites (tertiary alicyclic amines) is 1. The minimum absolute atomic E-state index is 0.0730. The number of nitrogens with one attached hydrogen (secondary N) is 2. The topological polar surface area (TPSA) is 156 Å². The lowest BCUT2D eigenvalue weighted by Gasteiger charge is -2.38. The standard InChI is InChI=1S/C36H52N4O6/c1-20(2)28(25(41)16-15-21-11-9-8-10-12-21)38-34(46)39-31(35(3,4)5)33(45)40-19-24-27(36(24,6)7)29(40)26(42)18-23(17-22-13-14-22)30(43)32(37)44/h8-12,20,22-24,27-29,31H,13-19H2,1-7H3,(H2,37,44)(H2,38,39,46)/t23?,24-,27?,28-,29+,31+/m0/s1. The summed E-state index contributed by atoms with van der Waals surface area (Å²) < 4.78 is 0. The van der Waals surface area contributed by atoms with Crippen molar-refractivity contribution in [3.8, 4) is 0 Å². The van der Waals surface area contributed by atoms with Crippen LogP contribution in [-0.4, -0.2) is 64.8 Å². The molecule has 4 rings (SSSR count). The van der Waals surface area contributed by atoms with Crippen LogP contribution >= 0.6 is 0 Å². The van der Waals surface area contributed by atoms with Gasteiger partial charge >= 0.3 is 6.03 Å². The van der Waals surface area contributed by atoms with E-state index < -0.39 is 47.2 Å². The predicted octanol–water partition coefficient (Wildman–Crippen LogP) is 3.84. The first-order chi connectivity index (χ1) is 21.4. The first-order valence-corrected chi connectivity index (χ1v) is 16.7. The van der Waals surface area contributed by atoms with Crippen LogP contribution in [0.4, 0.5) is 4.79 Å². The van der Waals surface area contributed by atoms with Crippen LogP contribution in [0.5, 0.6) is 0 Å². The third kappa shape index (κ3) is 8.04. The molecular weight excluding hydrogens is 584 g/mol. The molecule has 0 radical (unpaired) electrons. The molecule has 0 spiro atoms. The highest BCUT2D eigenvalue weighted by molar-refractivity contribution is 6.36. The number of Topliss-reactive ketones (excluding diaryl/α,β-unsaturated/α-hetero) is 3. The van der Waals surface area contributed by atoms with Crippen molar-refractivity contribution in [2.75, 3.05) is 6.54 Å². The van der Waals surface area contributed by atoms with E-state index in [1.165, 1.54) is 0 Å². The number of benzene rings is 1. The van der Waals surface area contributed by atoms with Crippen LogP contribution in [0.3, 0.4) is 0 Å². The molecule has 3 aliphatic rings. The predicted molar refractivity (Wildman–Crippen MR) is 174 cm³/mol. The van der Waals surface area contributed by atoms with Crippen molar-refractivity contribution >= 4 is 35.2 Å². The Balaban J connectivity index is 1.48. The van der Waals surface area contributed by atoms with E-state index in [-0.39, 0.29) is 53.5 Å². The molecule has 0 bridgehead atoms. The van der Waals surface area contributed by atoms with E-state index in [1.54, 1.807) is 4.90 Å². The fraction of sp³-hybridized carbons (Fsp3) is 0.667. The highest BCUT2D eigenvalue weighted by atomic mass is 16.2. The Morgan fingerprint density at radius 3 is 2.17 bits per heavy atom. The third-order valence-electron chi connectivity index (χ3n) is 10.4. The second-order valence-corrected chi connectivity index (χ2v) is 15.8. The second kappa shape index (κ2) is 13.7. The number of hydrogen-bond donors (Lipinski definition) is 3. The Kier molecular flexibility index (Phi) is 10.5. The number of nitrogens with two attached hydrogens (primary N) is 1. The number of carbonyl (C=O) groups is 6. The minimum Gasteiger partial charge on any atom is -0.363 e. The molecule has 1 aromatic carbocycles. The average Bonchev–Trinajstić information content (AvgIpc) is 3.83. The molecule has 46 heavy (non-hydrogen) atoms. The molecule has 1 aliphatic heterocycles. The van der Waals surface area contributed by atoms with Crippen molar-refractivity contribution in [2.24, 2.45) is 46.2 Å². The van der Waals surface area contributed by atoms with E-state index in [9.17, 15) is 28.8 Å². The van der Waals surface area contributed by atoms with Crippen LogP contribution in [0.15, 0.2) is 30.3 Å². The van der Waals surface area contributed by atoms with Crippen molar-refractivity contribution in [3.63, 3.8) is 0 Å². The lowest BCUT2D eigenvalue weighted by molar-refractivity contribution is -0.144. The van der Waals surface area contributed by atoms with Gasteiger partial charge in [0.25, 0.3) is 5.91 Å². The molecule has 10 nitrogen and oxygen atoms in total. The van der Waals surface area contributed by atoms with Gasteiger partial charge in [-0.15, -0.1) is 0 Å². The summed E-state index contributed by atoms with van der Waals surface area (Å²) in [6.45, 7) is 13.8. The number of fused-ring (bicyclic) bond motifs is 1. The number of carbonyl (C=O) groups excluding carboxylic acids is 6. The lowest BCUT2D eigenvalue weighted by Crippen LogP contribution is -2.61. The Labute approximate surface area is 273 Å². The fourth-order valence-corrected chi connectivity index (χ4v) is 7.30. The molecule has 6 atom stereocenters. The number of hydrogen-bond acceptors (Lipinski definition) is 6. The first kappa shape index (κ1) is 35.3. The Bertz CT molecular complexity index is 1350. The molecule has 10 heteroatoms. The summed E-state index contributed by atoms with van der Waals surface area (Å²) in [5.74, 6) is -3.09. The van der Waals surface area contributed by atoms with Gasteiger partial charge in [0.15, 0.2) is 11.6 Å². The third-order valence-corrected chi connectivity index (χ3v) is 10.4. The van der Waals surface area contributed by atoms with Crippen LogP contribution < -0.4 is 16.4 Å². The van der Waals surface area contributed by atoms with Crippen LogP contribution in [0.1, 0.15) is 86.1 Å². The quantitative estimate of drug-likeness (QED) is 0.249. The molecule has 1 heterocycles. The van der Waals surface area contributed by atoms with Gasteiger partial charge in [-0.3, -0.25) is 24.0 Å². The zero-order valence-corrected chi connectivity index (χ0v) is 28.4. The maximum absolute atomic E-state index is 14.3. The minimum atomic E-state index is -1.04. The summed E-state index contributed by atoms with van der Waals surface area (Å²) >= 11 is 0. The van der Waals surface area contributed by atoms with Crippen molar-refractivity contribution in [1.29, 1.82) is 0 Å². The van der Waals surface area contributed by atoms with E-state index in [0.29, 0.717) is 25.3 Å². The van der Waals surface area contributed by atoms with E-state index >= 15 is 0 Å². The van der Waals surface area contributed by atoms with Gasteiger partial charge < -0.3 is 21.3 Å². The molecule has 1 saturated heterocycles. The summed E-state index contributed by atoms with van der Waals surface area (Å²) in [6, 6.07) is 6.59. The maximum atomic E-state index is 14.3. The molecule has 2 unspecified atom stereocenters. The number of ketones is 3. The molecule has 4 amide bonds. The van der Waals surface area contributed by atoms with E-state index in [0.717, 1.165) is 18.4 Å². The van der Waals surface area contributed by atoms with Crippen LogP contribution in [-0.2, 0) is 30.4 Å². The van der Waals surface area contributed by atoms with E-state index in [1.807, 2.05) is 65.0 Å². The van der Waals surface area contributed by atoms with Gasteiger partial charge in [0.05, 0.1) is 12.1 Å². The number of urea groups is 1. The number of aryl methyl sites for hydroxylation is 1. The zero-order valence-electron chi connectivity index (χ0n) is 28.4. The van der Waals surface area contributed by atoms with Gasteiger partial charge in [-0.05, 0) is 52.9 Å². The van der Waals surface area contributed by atoms with Crippen molar-refractivity contribution in [2.45, 2.75) is 105 Å². The maximum Gasteiger partial charge on any atom is 0.316 e. The molecule has 2 saturated carbocycles. The monoisotopic (exact) mass is 636 g/mol. The smallest absolute Gasteiger partial charge is 0.316 e. The lowest BCUT2D eigenvalue weighted by atomic mass is 9.84. The van der Waals surface area contributed by atoms with Crippen molar-refractivity contribution in [1.82, 2.24) is 15.5 Å². The van der Waals surface area contributed by atoms with Gasteiger partial charge in [-0.1, -0.05) is 91.6 Å². The van der Waals surface area contributed by atoms with E-state index in [4.69, 9.17) is 5.73 Å². The van der Waals surface area contributed by atoms with Crippen LogP contribution in [0, 0.1) is 40.4 Å². The zero-order chi connectivity index (χ0) is 34.1. The molecule has 1 aromatic rings. The second-order valence-electron chi connectivity index (χ2n) is 15.8. The Morgan fingerprint density at radius 1 is 1.00 bits per heavy atom. The highest BCUT2D eigenvalue weighted by Crippen LogP contribution is 2.65. The normalized spacial score (nSPS) is 23.6. The SMILES string of the molecule is CC(C)[C@H](NC(=O)N[C@H](C(=O)N1C[C@H]2C([C@H]1C(=O)CC(CC1CC1)C(=O)C(N)=O)C2(C)C)C(C)(C)C)C(=O)CCc1ccccc1. The molecule has 3 fully saturated rings. The van der Waals surface area contributed by atoms with Crippen molar-refractivity contribution in [3.05, 3.63) is 35.9 Å².